The van der Waals surface area contributed by atoms with Crippen LogP contribution in [0.5, 0.6) is 0 Å². The molecule has 3 aliphatic rings. The van der Waals surface area contributed by atoms with Gasteiger partial charge in [-0.1, -0.05) is 32.1 Å². The van der Waals surface area contributed by atoms with Crippen molar-refractivity contribution in [2.45, 2.75) is 97.6 Å². The normalized spacial score (nSPS) is 36.0. The van der Waals surface area contributed by atoms with Crippen molar-refractivity contribution >= 4 is 11.9 Å². The third-order valence-electron chi connectivity index (χ3n) is 7.80. The second kappa shape index (κ2) is 10.1. The monoisotopic (exact) mass is 448 g/mol. The third-order valence-corrected chi connectivity index (χ3v) is 7.80. The fourth-order valence-electron chi connectivity index (χ4n) is 5.24. The molecule has 1 aliphatic heterocycles. The van der Waals surface area contributed by atoms with Gasteiger partial charge in [-0.05, 0) is 63.9 Å². The van der Waals surface area contributed by atoms with Gasteiger partial charge in [0.25, 0.3) is 0 Å². The Morgan fingerprint density at radius 3 is 2.66 bits per heavy atom. The van der Waals surface area contributed by atoms with Gasteiger partial charge in [-0.15, -0.1) is 0 Å². The number of allylic oxidation sites excluding steroid dienone is 2. The highest BCUT2D eigenvalue weighted by Crippen LogP contribution is 2.46. The fourth-order valence-corrected chi connectivity index (χ4v) is 5.24. The second-order valence-corrected chi connectivity index (χ2v) is 10.7. The zero-order valence-electron chi connectivity index (χ0n) is 20.1. The van der Waals surface area contributed by atoms with Crippen LogP contribution in [0.3, 0.4) is 0 Å². The summed E-state index contributed by atoms with van der Waals surface area (Å²) >= 11 is 0. The van der Waals surface area contributed by atoms with Crippen molar-refractivity contribution in [3.05, 3.63) is 23.8 Å². The first-order valence-corrected chi connectivity index (χ1v) is 12.2. The van der Waals surface area contributed by atoms with E-state index in [-0.39, 0.29) is 54.2 Å². The van der Waals surface area contributed by atoms with Crippen LogP contribution in [0.25, 0.3) is 0 Å². The zero-order chi connectivity index (χ0) is 23.6. The number of esters is 2. The number of cyclic esters (lactones) is 1. The zero-order valence-corrected chi connectivity index (χ0v) is 20.1. The van der Waals surface area contributed by atoms with Crippen molar-refractivity contribution in [2.24, 2.45) is 29.1 Å². The summed E-state index contributed by atoms with van der Waals surface area (Å²) in [7, 11) is 0. The van der Waals surface area contributed by atoms with Gasteiger partial charge in [0.15, 0.2) is 0 Å². The van der Waals surface area contributed by atoms with Crippen molar-refractivity contribution in [1.82, 2.24) is 0 Å². The molecule has 6 heteroatoms. The Morgan fingerprint density at radius 1 is 1.31 bits per heavy atom. The van der Waals surface area contributed by atoms with E-state index in [0.717, 1.165) is 12.0 Å². The highest BCUT2D eigenvalue weighted by atomic mass is 16.6. The molecule has 0 spiro atoms. The lowest BCUT2D eigenvalue weighted by Crippen LogP contribution is -2.44. The maximum atomic E-state index is 13.0. The van der Waals surface area contributed by atoms with E-state index in [0.29, 0.717) is 25.7 Å². The number of aliphatic hydroxyl groups is 2. The minimum absolute atomic E-state index is 0.0471. The third kappa shape index (κ3) is 5.63. The topological polar surface area (TPSA) is 93.1 Å². The number of carbonyl (C=O) groups excluding carboxylic acids is 2. The van der Waals surface area contributed by atoms with Crippen LogP contribution < -0.4 is 0 Å². The SMILES string of the molecule is CCC(C)(C)C(=O)O[C@H]1C[C@@H](C(C)O)C=C2C=C[C@H](C)[C@H](CC[C@@H]3C[C@@H](O)CC(=O)O3)[C@H]21. The second-order valence-electron chi connectivity index (χ2n) is 10.7. The molecule has 1 unspecified atom stereocenters. The minimum Gasteiger partial charge on any atom is -0.462 e. The number of rotatable bonds is 7. The first-order chi connectivity index (χ1) is 15.0. The molecule has 0 amide bonds. The number of hydrogen-bond acceptors (Lipinski definition) is 6. The summed E-state index contributed by atoms with van der Waals surface area (Å²) in [4.78, 5) is 24.7. The molecule has 0 aromatic rings. The van der Waals surface area contributed by atoms with Crippen LogP contribution in [0.2, 0.25) is 0 Å². The van der Waals surface area contributed by atoms with E-state index in [4.69, 9.17) is 9.47 Å². The average Bonchev–Trinajstić information content (AvgIpc) is 2.72. The molecular formula is C26H40O6. The number of carbonyl (C=O) groups is 2. The average molecular weight is 449 g/mol. The molecule has 180 valence electrons. The lowest BCUT2D eigenvalue weighted by Gasteiger charge is -2.45. The van der Waals surface area contributed by atoms with Gasteiger partial charge >= 0.3 is 11.9 Å². The number of hydrogen-bond donors (Lipinski definition) is 2. The summed E-state index contributed by atoms with van der Waals surface area (Å²) in [5.74, 6) is -0.0352. The van der Waals surface area contributed by atoms with Crippen molar-refractivity contribution in [1.29, 1.82) is 0 Å². The summed E-state index contributed by atoms with van der Waals surface area (Å²) in [6.07, 6.45) is 8.06. The van der Waals surface area contributed by atoms with Crippen LogP contribution in [0.1, 0.15) is 73.1 Å². The van der Waals surface area contributed by atoms with Gasteiger partial charge in [-0.25, -0.2) is 0 Å². The van der Waals surface area contributed by atoms with E-state index in [1.54, 1.807) is 6.92 Å². The Balaban J connectivity index is 1.82. The number of aliphatic hydroxyl groups excluding tert-OH is 2. The maximum Gasteiger partial charge on any atom is 0.311 e. The van der Waals surface area contributed by atoms with E-state index in [1.807, 2.05) is 20.8 Å². The summed E-state index contributed by atoms with van der Waals surface area (Å²) in [6, 6.07) is 0. The molecule has 1 fully saturated rings. The standard InChI is InChI=1S/C26H40O6/c1-6-26(4,5)25(30)32-22-12-18(16(3)27)11-17-8-7-15(2)21(24(17)22)10-9-20-13-19(28)14-23(29)31-20/h7-8,11,15-16,18-22,24,27-28H,6,9-10,12-14H2,1-5H3/t15-,16?,18-,19+,20+,21-,22-,24-/m0/s1. The van der Waals surface area contributed by atoms with E-state index < -0.39 is 17.6 Å². The molecule has 0 aromatic carbocycles. The van der Waals surface area contributed by atoms with Gasteiger partial charge in [0.05, 0.1) is 24.0 Å². The predicted molar refractivity (Wildman–Crippen MR) is 121 cm³/mol. The maximum absolute atomic E-state index is 13.0. The highest BCUT2D eigenvalue weighted by Gasteiger charge is 2.44. The molecule has 2 N–H and O–H groups in total. The Morgan fingerprint density at radius 2 is 2.03 bits per heavy atom. The van der Waals surface area contributed by atoms with Gasteiger partial charge < -0.3 is 19.7 Å². The number of ether oxygens (including phenoxy) is 2. The molecule has 0 saturated carbocycles. The first-order valence-electron chi connectivity index (χ1n) is 12.2. The molecule has 0 bridgehead atoms. The van der Waals surface area contributed by atoms with E-state index in [9.17, 15) is 19.8 Å². The van der Waals surface area contributed by atoms with Gasteiger partial charge in [-0.3, -0.25) is 9.59 Å². The van der Waals surface area contributed by atoms with Crippen LogP contribution in [0, 0.1) is 29.1 Å². The quantitative estimate of drug-likeness (QED) is 0.573. The van der Waals surface area contributed by atoms with Crippen molar-refractivity contribution in [3.8, 4) is 0 Å². The van der Waals surface area contributed by atoms with Gasteiger partial charge in [0.2, 0.25) is 0 Å². The van der Waals surface area contributed by atoms with Gasteiger partial charge in [-0.2, -0.15) is 0 Å². The van der Waals surface area contributed by atoms with Crippen LogP contribution in [0.4, 0.5) is 0 Å². The largest absolute Gasteiger partial charge is 0.462 e. The van der Waals surface area contributed by atoms with Gasteiger partial charge in [0.1, 0.15) is 12.2 Å². The number of fused-ring (bicyclic) bond motifs is 1. The van der Waals surface area contributed by atoms with Crippen LogP contribution >= 0.6 is 0 Å². The van der Waals surface area contributed by atoms with E-state index in [2.05, 4.69) is 25.2 Å². The molecule has 1 heterocycles. The minimum atomic E-state index is -0.633. The van der Waals surface area contributed by atoms with E-state index >= 15 is 0 Å². The Hall–Kier alpha value is -1.66. The fraction of sp³-hybridized carbons (Fsp3) is 0.769. The summed E-state index contributed by atoms with van der Waals surface area (Å²) in [6.45, 7) is 9.76. The molecule has 8 atom stereocenters. The Labute approximate surface area is 192 Å². The molecule has 6 nitrogen and oxygen atoms in total. The van der Waals surface area contributed by atoms with Crippen LogP contribution in [0.15, 0.2) is 23.8 Å². The molecule has 1 saturated heterocycles. The Kier molecular flexibility index (Phi) is 7.87. The summed E-state index contributed by atoms with van der Waals surface area (Å²) < 4.78 is 11.6. The molecule has 2 aliphatic carbocycles. The summed E-state index contributed by atoms with van der Waals surface area (Å²) in [5.41, 5.74) is 0.567. The van der Waals surface area contributed by atoms with Crippen LogP contribution in [-0.4, -0.2) is 46.6 Å². The van der Waals surface area contributed by atoms with Crippen molar-refractivity contribution in [3.63, 3.8) is 0 Å². The molecule has 0 radical (unpaired) electrons. The molecular weight excluding hydrogens is 408 g/mol. The Bertz CT molecular complexity index is 751. The molecule has 0 aromatic heterocycles. The van der Waals surface area contributed by atoms with E-state index in [1.165, 1.54) is 0 Å². The van der Waals surface area contributed by atoms with Crippen molar-refractivity contribution < 1.29 is 29.3 Å². The lowest BCUT2D eigenvalue weighted by molar-refractivity contribution is -0.166. The first kappa shape index (κ1) is 25.0. The van der Waals surface area contributed by atoms with Crippen LogP contribution in [-0.2, 0) is 19.1 Å². The summed E-state index contributed by atoms with van der Waals surface area (Å²) in [5, 5.41) is 20.2. The highest BCUT2D eigenvalue weighted by molar-refractivity contribution is 5.76. The molecule has 32 heavy (non-hydrogen) atoms. The van der Waals surface area contributed by atoms with Crippen molar-refractivity contribution in [2.75, 3.05) is 0 Å². The predicted octanol–water partition coefficient (Wildman–Crippen LogP) is 3.95. The molecule has 3 rings (SSSR count). The van der Waals surface area contributed by atoms with Gasteiger partial charge in [0, 0.05) is 18.3 Å². The lowest BCUT2D eigenvalue weighted by atomic mass is 9.64. The smallest absolute Gasteiger partial charge is 0.311 e.